The van der Waals surface area contributed by atoms with Crippen molar-refractivity contribution < 1.29 is 28.8 Å². The van der Waals surface area contributed by atoms with E-state index in [0.717, 1.165) is 11.8 Å². The number of aliphatic hydroxyl groups is 1. The van der Waals surface area contributed by atoms with Crippen molar-refractivity contribution in [3.8, 4) is 17.2 Å². The molecule has 3 rings (SSSR count). The number of nitrogens with zero attached hydrogens (tertiary/aromatic N) is 1. The molecule has 0 bridgehead atoms. The molecule has 1 N–H and O–H groups in total. The van der Waals surface area contributed by atoms with Crippen LogP contribution < -0.4 is 14.2 Å². The highest BCUT2D eigenvalue weighted by Gasteiger charge is 2.33. The number of methoxy groups -OCH3 is 4. The Morgan fingerprint density at radius 1 is 1.00 bits per heavy atom. The lowest BCUT2D eigenvalue weighted by atomic mass is 10.1. The first kappa shape index (κ1) is 21.3. The van der Waals surface area contributed by atoms with E-state index in [1.54, 1.807) is 69.9 Å². The summed E-state index contributed by atoms with van der Waals surface area (Å²) < 4.78 is 20.7. The van der Waals surface area contributed by atoms with Gasteiger partial charge >= 0.3 is 5.97 Å². The van der Waals surface area contributed by atoms with E-state index in [-0.39, 0.29) is 11.3 Å². The van der Waals surface area contributed by atoms with Crippen molar-refractivity contribution in [3.05, 3.63) is 64.3 Å². The zero-order valence-corrected chi connectivity index (χ0v) is 17.8. The van der Waals surface area contributed by atoms with Crippen LogP contribution in [0.3, 0.4) is 0 Å². The van der Waals surface area contributed by atoms with Gasteiger partial charge in [0.05, 0.1) is 39.0 Å². The van der Waals surface area contributed by atoms with Gasteiger partial charge in [0, 0.05) is 11.6 Å². The van der Waals surface area contributed by atoms with E-state index in [4.69, 9.17) is 18.9 Å². The van der Waals surface area contributed by atoms with Crippen molar-refractivity contribution in [1.29, 1.82) is 0 Å². The minimum absolute atomic E-state index is 0.00145. The van der Waals surface area contributed by atoms with Crippen LogP contribution in [0, 0.1) is 0 Å². The van der Waals surface area contributed by atoms with Crippen LogP contribution in [0.5, 0.6) is 17.2 Å². The standard InChI is InChI=1S/C22H21NO6S/c1-26-15-7-5-6-14(12-15)23-21-19(22(25)29-4)20(24)18(30-21)11-13-10-16(27-2)8-9-17(13)28-3/h5-12,24H,1-4H3/b18-11+,23-21?. The molecule has 7 nitrogen and oxygen atoms in total. The van der Waals surface area contributed by atoms with Gasteiger partial charge in [-0.25, -0.2) is 9.79 Å². The second kappa shape index (κ2) is 9.41. The smallest absolute Gasteiger partial charge is 0.344 e. The summed E-state index contributed by atoms with van der Waals surface area (Å²) in [6.45, 7) is 0. The second-order valence-electron chi connectivity index (χ2n) is 6.05. The predicted molar refractivity (Wildman–Crippen MR) is 117 cm³/mol. The molecule has 1 aliphatic heterocycles. The van der Waals surface area contributed by atoms with E-state index in [2.05, 4.69) is 4.99 Å². The zero-order valence-electron chi connectivity index (χ0n) is 17.0. The molecule has 2 aromatic rings. The van der Waals surface area contributed by atoms with Crippen LogP contribution in [0.15, 0.2) is 63.7 Å². The highest BCUT2D eigenvalue weighted by atomic mass is 32.2. The van der Waals surface area contributed by atoms with Crippen LogP contribution in [-0.4, -0.2) is 44.6 Å². The van der Waals surface area contributed by atoms with E-state index < -0.39 is 5.97 Å². The molecule has 2 aromatic carbocycles. The lowest BCUT2D eigenvalue weighted by Gasteiger charge is -2.08. The Morgan fingerprint density at radius 2 is 1.73 bits per heavy atom. The van der Waals surface area contributed by atoms with Crippen molar-refractivity contribution in [1.82, 2.24) is 0 Å². The summed E-state index contributed by atoms with van der Waals surface area (Å²) in [6.07, 6.45) is 1.71. The van der Waals surface area contributed by atoms with Gasteiger partial charge in [-0.1, -0.05) is 17.8 Å². The number of ether oxygens (including phenoxy) is 4. The van der Waals surface area contributed by atoms with E-state index >= 15 is 0 Å². The van der Waals surface area contributed by atoms with Crippen LogP contribution in [0.25, 0.3) is 6.08 Å². The monoisotopic (exact) mass is 427 g/mol. The molecule has 0 aromatic heterocycles. The van der Waals surface area contributed by atoms with Gasteiger partial charge in [-0.05, 0) is 36.4 Å². The highest BCUT2D eigenvalue weighted by molar-refractivity contribution is 8.18. The van der Waals surface area contributed by atoms with Gasteiger partial charge in [-0.2, -0.15) is 0 Å². The molecule has 1 aliphatic rings. The van der Waals surface area contributed by atoms with Gasteiger partial charge in [-0.15, -0.1) is 0 Å². The summed E-state index contributed by atoms with van der Waals surface area (Å²) in [5.74, 6) is 0.965. The molecular formula is C22H21NO6S. The van der Waals surface area contributed by atoms with Crippen LogP contribution in [0.4, 0.5) is 5.69 Å². The number of hydrogen-bond donors (Lipinski definition) is 1. The molecule has 0 amide bonds. The summed E-state index contributed by atoms with van der Waals surface area (Å²) in [7, 11) is 5.93. The van der Waals surface area contributed by atoms with Crippen LogP contribution >= 0.6 is 11.8 Å². The lowest BCUT2D eigenvalue weighted by molar-refractivity contribution is -0.135. The third kappa shape index (κ3) is 4.44. The fourth-order valence-electron chi connectivity index (χ4n) is 2.78. The quantitative estimate of drug-likeness (QED) is 0.679. The summed E-state index contributed by atoms with van der Waals surface area (Å²) in [5.41, 5.74) is 1.25. The average Bonchev–Trinajstić information content (AvgIpc) is 3.07. The maximum Gasteiger partial charge on any atom is 0.344 e. The Bertz CT molecular complexity index is 1060. The Balaban J connectivity index is 2.08. The number of aliphatic hydroxyl groups excluding tert-OH is 1. The van der Waals surface area contributed by atoms with Crippen LogP contribution in [0.2, 0.25) is 0 Å². The first-order valence-corrected chi connectivity index (χ1v) is 9.69. The molecular weight excluding hydrogens is 406 g/mol. The number of carbonyl (C=O) groups is 1. The second-order valence-corrected chi connectivity index (χ2v) is 7.08. The van der Waals surface area contributed by atoms with Crippen molar-refractivity contribution in [2.24, 2.45) is 4.99 Å². The number of benzene rings is 2. The Morgan fingerprint density at radius 3 is 2.40 bits per heavy atom. The van der Waals surface area contributed by atoms with Crippen molar-refractivity contribution >= 4 is 34.5 Å². The van der Waals surface area contributed by atoms with E-state index in [1.165, 1.54) is 7.11 Å². The van der Waals surface area contributed by atoms with Crippen LogP contribution in [0.1, 0.15) is 5.56 Å². The van der Waals surface area contributed by atoms with Gasteiger partial charge in [0.2, 0.25) is 0 Å². The molecule has 0 radical (unpaired) electrons. The summed E-state index contributed by atoms with van der Waals surface area (Å²) >= 11 is 1.16. The summed E-state index contributed by atoms with van der Waals surface area (Å²) in [4.78, 5) is 17.3. The maximum atomic E-state index is 12.3. The molecule has 156 valence electrons. The van der Waals surface area contributed by atoms with Crippen LogP contribution in [-0.2, 0) is 9.53 Å². The average molecular weight is 427 g/mol. The fourth-order valence-corrected chi connectivity index (χ4v) is 3.81. The molecule has 0 unspecified atom stereocenters. The first-order chi connectivity index (χ1) is 14.5. The van der Waals surface area contributed by atoms with Crippen molar-refractivity contribution in [2.75, 3.05) is 28.4 Å². The summed E-state index contributed by atoms with van der Waals surface area (Å²) in [5, 5.41) is 11.1. The Hall–Kier alpha value is -3.39. The van der Waals surface area contributed by atoms with E-state index in [1.807, 2.05) is 0 Å². The summed E-state index contributed by atoms with van der Waals surface area (Å²) in [6, 6.07) is 12.4. The number of rotatable bonds is 6. The Labute approximate surface area is 178 Å². The number of hydrogen-bond acceptors (Lipinski definition) is 8. The minimum atomic E-state index is -0.678. The molecule has 0 atom stereocenters. The highest BCUT2D eigenvalue weighted by Crippen LogP contribution is 2.41. The first-order valence-electron chi connectivity index (χ1n) is 8.87. The van der Waals surface area contributed by atoms with E-state index in [9.17, 15) is 9.90 Å². The molecule has 0 spiro atoms. The third-order valence-electron chi connectivity index (χ3n) is 4.29. The maximum absolute atomic E-state index is 12.3. The minimum Gasteiger partial charge on any atom is -0.506 e. The molecule has 8 heteroatoms. The van der Waals surface area contributed by atoms with E-state index in [0.29, 0.717) is 38.4 Å². The number of thioether (sulfide) groups is 1. The molecule has 1 heterocycles. The number of esters is 1. The third-order valence-corrected chi connectivity index (χ3v) is 5.31. The van der Waals surface area contributed by atoms with Gasteiger partial charge in [0.15, 0.2) is 0 Å². The number of aliphatic imine (C=N–C) groups is 1. The molecule has 0 saturated carbocycles. The fraction of sp³-hybridized carbons (Fsp3) is 0.182. The van der Waals surface area contributed by atoms with Gasteiger partial charge in [0.25, 0.3) is 0 Å². The molecule has 30 heavy (non-hydrogen) atoms. The normalized spacial score (nSPS) is 16.1. The van der Waals surface area contributed by atoms with Crippen molar-refractivity contribution in [3.63, 3.8) is 0 Å². The van der Waals surface area contributed by atoms with Gasteiger partial charge < -0.3 is 24.1 Å². The molecule has 0 saturated heterocycles. The largest absolute Gasteiger partial charge is 0.506 e. The predicted octanol–water partition coefficient (Wildman–Crippen LogP) is 4.52. The zero-order chi connectivity index (χ0) is 21.7. The van der Waals surface area contributed by atoms with Gasteiger partial charge in [-0.3, -0.25) is 0 Å². The molecule has 0 fully saturated rings. The topological polar surface area (TPSA) is 86.6 Å². The SMILES string of the molecule is COC(=O)C1=C(O)/C(=C\c2cc(OC)ccc2OC)SC1=Nc1cccc(OC)c1. The molecule has 0 aliphatic carbocycles. The lowest BCUT2D eigenvalue weighted by Crippen LogP contribution is -2.10. The Kier molecular flexibility index (Phi) is 6.68. The van der Waals surface area contributed by atoms with Gasteiger partial charge in [0.1, 0.15) is 33.6 Å². The number of carbonyl (C=O) groups excluding carboxylic acids is 1. The van der Waals surface area contributed by atoms with Crippen molar-refractivity contribution in [2.45, 2.75) is 0 Å².